The van der Waals surface area contributed by atoms with Crippen LogP contribution in [0.25, 0.3) is 0 Å². The van der Waals surface area contributed by atoms with Crippen LogP contribution in [0.2, 0.25) is 0 Å². The number of rotatable bonds is 3. The lowest BCUT2D eigenvalue weighted by atomic mass is 9.85. The van der Waals surface area contributed by atoms with Gasteiger partial charge in [-0.25, -0.2) is 4.98 Å². The van der Waals surface area contributed by atoms with Gasteiger partial charge >= 0.3 is 6.18 Å². The molecule has 6 heteroatoms. The fraction of sp³-hybridized carbons (Fsp3) is 0.750. The second-order valence-electron chi connectivity index (χ2n) is 4.90. The third-order valence-corrected chi connectivity index (χ3v) is 4.12. The van der Waals surface area contributed by atoms with Gasteiger partial charge in [0, 0.05) is 17.5 Å². The van der Waals surface area contributed by atoms with E-state index in [1.54, 1.807) is 5.51 Å². The average molecular weight is 278 g/mol. The molecule has 0 spiro atoms. The summed E-state index contributed by atoms with van der Waals surface area (Å²) in [7, 11) is 0. The number of nitrogens with zero attached hydrogens (tertiary/aromatic N) is 1. The predicted octanol–water partition coefficient (Wildman–Crippen LogP) is 3.91. The number of hydrogen-bond donors (Lipinski definition) is 1. The summed E-state index contributed by atoms with van der Waals surface area (Å²) in [4.78, 5) is 4.18. The summed E-state index contributed by atoms with van der Waals surface area (Å²) in [6, 6.07) is -0.0321. The molecule has 3 unspecified atom stereocenters. The SMILES string of the molecule is CC(NC1CCCC(C(F)(F)F)C1)c1cscn1. The minimum atomic E-state index is -4.05. The lowest BCUT2D eigenvalue weighted by Gasteiger charge is -2.32. The van der Waals surface area contributed by atoms with Crippen LogP contribution in [-0.4, -0.2) is 17.2 Å². The van der Waals surface area contributed by atoms with Gasteiger partial charge in [0.1, 0.15) is 0 Å². The van der Waals surface area contributed by atoms with Crippen molar-refractivity contribution in [1.29, 1.82) is 0 Å². The molecule has 2 nitrogen and oxygen atoms in total. The van der Waals surface area contributed by atoms with Crippen molar-refractivity contribution in [2.45, 2.75) is 50.9 Å². The van der Waals surface area contributed by atoms with Crippen LogP contribution in [-0.2, 0) is 0 Å². The smallest absolute Gasteiger partial charge is 0.306 e. The average Bonchev–Trinajstić information content (AvgIpc) is 2.81. The van der Waals surface area contributed by atoms with Crippen LogP contribution in [0.4, 0.5) is 13.2 Å². The van der Waals surface area contributed by atoms with Crippen LogP contribution >= 0.6 is 11.3 Å². The van der Waals surface area contributed by atoms with Crippen LogP contribution in [0.1, 0.15) is 44.3 Å². The molecule has 18 heavy (non-hydrogen) atoms. The van der Waals surface area contributed by atoms with E-state index in [0.29, 0.717) is 6.42 Å². The molecule has 0 aliphatic heterocycles. The van der Waals surface area contributed by atoms with E-state index in [1.165, 1.54) is 11.3 Å². The Morgan fingerprint density at radius 3 is 2.83 bits per heavy atom. The normalized spacial score (nSPS) is 27.1. The van der Waals surface area contributed by atoms with Crippen molar-refractivity contribution in [3.8, 4) is 0 Å². The fourth-order valence-corrected chi connectivity index (χ4v) is 3.16. The second kappa shape index (κ2) is 5.57. The molecule has 0 bridgehead atoms. The standard InChI is InChI=1S/C12H17F3N2S/c1-8(11-6-18-7-16-11)17-10-4-2-3-9(5-10)12(13,14)15/h6-10,17H,2-5H2,1H3. The van der Waals surface area contributed by atoms with E-state index in [2.05, 4.69) is 10.3 Å². The summed E-state index contributed by atoms with van der Waals surface area (Å²) < 4.78 is 38.1. The van der Waals surface area contributed by atoms with Gasteiger partial charge in [-0.05, 0) is 26.2 Å². The lowest BCUT2D eigenvalue weighted by Crippen LogP contribution is -2.39. The van der Waals surface area contributed by atoms with Crippen molar-refractivity contribution in [3.05, 3.63) is 16.6 Å². The van der Waals surface area contributed by atoms with Crippen molar-refractivity contribution < 1.29 is 13.2 Å². The Morgan fingerprint density at radius 2 is 2.22 bits per heavy atom. The van der Waals surface area contributed by atoms with Gasteiger partial charge in [-0.15, -0.1) is 11.3 Å². The highest BCUT2D eigenvalue weighted by Gasteiger charge is 2.42. The Hall–Kier alpha value is -0.620. The number of alkyl halides is 3. The molecule has 1 aromatic rings. The molecular weight excluding hydrogens is 261 g/mol. The summed E-state index contributed by atoms with van der Waals surface area (Å²) in [5.41, 5.74) is 2.65. The van der Waals surface area contributed by atoms with E-state index < -0.39 is 12.1 Å². The maximum absolute atomic E-state index is 12.7. The van der Waals surface area contributed by atoms with Crippen molar-refractivity contribution in [3.63, 3.8) is 0 Å². The Morgan fingerprint density at radius 1 is 1.44 bits per heavy atom. The topological polar surface area (TPSA) is 24.9 Å². The summed E-state index contributed by atoms with van der Waals surface area (Å²) in [5.74, 6) is -1.15. The maximum Gasteiger partial charge on any atom is 0.391 e. The van der Waals surface area contributed by atoms with E-state index in [0.717, 1.165) is 12.1 Å². The summed E-state index contributed by atoms with van der Waals surface area (Å²) in [6.45, 7) is 1.95. The Kier molecular flexibility index (Phi) is 4.27. The minimum Gasteiger partial charge on any atom is -0.306 e. The maximum atomic E-state index is 12.7. The second-order valence-corrected chi connectivity index (χ2v) is 5.62. The van der Waals surface area contributed by atoms with Gasteiger partial charge < -0.3 is 5.32 Å². The van der Waals surface area contributed by atoms with Crippen LogP contribution in [0.5, 0.6) is 0 Å². The monoisotopic (exact) mass is 278 g/mol. The van der Waals surface area contributed by atoms with Crippen LogP contribution < -0.4 is 5.32 Å². The van der Waals surface area contributed by atoms with Crippen molar-refractivity contribution in [2.75, 3.05) is 0 Å². The van der Waals surface area contributed by atoms with Gasteiger partial charge in [0.05, 0.1) is 17.1 Å². The highest BCUT2D eigenvalue weighted by Crippen LogP contribution is 2.38. The summed E-state index contributed by atoms with van der Waals surface area (Å²) in [5, 5.41) is 5.20. The van der Waals surface area contributed by atoms with Crippen LogP contribution in [0, 0.1) is 5.92 Å². The number of thiazole rings is 1. The first-order valence-electron chi connectivity index (χ1n) is 6.17. The number of aromatic nitrogens is 1. The zero-order valence-electron chi connectivity index (χ0n) is 10.2. The molecule has 1 aromatic heterocycles. The van der Waals surface area contributed by atoms with Gasteiger partial charge in [-0.3, -0.25) is 0 Å². The van der Waals surface area contributed by atoms with E-state index in [4.69, 9.17) is 0 Å². The molecular formula is C12H17F3N2S. The zero-order valence-corrected chi connectivity index (χ0v) is 11.0. The van der Waals surface area contributed by atoms with E-state index in [-0.39, 0.29) is 24.9 Å². The fourth-order valence-electron chi connectivity index (χ4n) is 2.51. The Balaban J connectivity index is 1.90. The minimum absolute atomic E-state index is 0.0215. The molecule has 1 heterocycles. The first-order chi connectivity index (χ1) is 8.47. The highest BCUT2D eigenvalue weighted by molar-refractivity contribution is 7.07. The summed E-state index contributed by atoms with van der Waals surface area (Å²) >= 11 is 1.50. The Labute approximate surface area is 109 Å². The molecule has 0 aromatic carbocycles. The third-order valence-electron chi connectivity index (χ3n) is 3.52. The molecule has 102 valence electrons. The largest absolute Gasteiger partial charge is 0.391 e. The molecule has 1 fully saturated rings. The predicted molar refractivity (Wildman–Crippen MR) is 65.5 cm³/mol. The van der Waals surface area contributed by atoms with Crippen molar-refractivity contribution >= 4 is 11.3 Å². The quantitative estimate of drug-likeness (QED) is 0.906. The number of halogens is 3. The van der Waals surface area contributed by atoms with Crippen molar-refractivity contribution in [2.24, 2.45) is 5.92 Å². The molecule has 2 rings (SSSR count). The van der Waals surface area contributed by atoms with Crippen LogP contribution in [0.3, 0.4) is 0 Å². The van der Waals surface area contributed by atoms with Gasteiger partial charge in [0.15, 0.2) is 0 Å². The van der Waals surface area contributed by atoms with Crippen molar-refractivity contribution in [1.82, 2.24) is 10.3 Å². The number of nitrogens with one attached hydrogen (secondary N) is 1. The molecule has 0 saturated heterocycles. The Bertz CT molecular complexity index is 364. The van der Waals surface area contributed by atoms with Crippen LogP contribution in [0.15, 0.2) is 10.9 Å². The third kappa shape index (κ3) is 3.45. The number of hydrogen-bond acceptors (Lipinski definition) is 3. The van der Waals surface area contributed by atoms with E-state index in [9.17, 15) is 13.2 Å². The highest BCUT2D eigenvalue weighted by atomic mass is 32.1. The molecule has 0 radical (unpaired) electrons. The van der Waals surface area contributed by atoms with Gasteiger partial charge in [0.2, 0.25) is 0 Å². The van der Waals surface area contributed by atoms with E-state index in [1.807, 2.05) is 12.3 Å². The van der Waals surface area contributed by atoms with Gasteiger partial charge in [0.25, 0.3) is 0 Å². The molecule has 1 aliphatic rings. The molecule has 3 atom stereocenters. The first kappa shape index (κ1) is 13.8. The molecule has 1 saturated carbocycles. The molecule has 1 N–H and O–H groups in total. The molecule has 1 aliphatic carbocycles. The lowest BCUT2D eigenvalue weighted by molar-refractivity contribution is -0.183. The summed E-state index contributed by atoms with van der Waals surface area (Å²) in [6.07, 6.45) is -2.12. The first-order valence-corrected chi connectivity index (χ1v) is 7.12. The zero-order chi connectivity index (χ0) is 13.2. The van der Waals surface area contributed by atoms with E-state index >= 15 is 0 Å². The van der Waals surface area contributed by atoms with Gasteiger partial charge in [-0.2, -0.15) is 13.2 Å². The van der Waals surface area contributed by atoms with Gasteiger partial charge in [-0.1, -0.05) is 6.42 Å². The molecule has 0 amide bonds.